The van der Waals surface area contributed by atoms with Gasteiger partial charge in [-0.25, -0.2) is 8.78 Å². The first-order valence-corrected chi connectivity index (χ1v) is 15.2. The fraction of sp³-hybridized carbons (Fsp3) is 0.400. The lowest BCUT2D eigenvalue weighted by atomic mass is 9.95. The standard InChI is InChI=1S/C30H31ClF2N6O2S/c1-17(32)29(40)36-18(10-11-34)15-35-28-22-14-23(31)25(21-7-3-9-24-20(21)8-5-13-42-24)26(33)27(22)37-30(38-28)41-16-19-6-4-12-39(19)2/h3,7,9,14,18-19H,1,4-6,8,10,12-13,15-16H2,2H3,(H,36,40)(H,35,37,38)/t18-,19-/m0/s1. The zero-order valence-corrected chi connectivity index (χ0v) is 24.8. The van der Waals surface area contributed by atoms with Crippen LogP contribution in [0.5, 0.6) is 6.01 Å². The van der Waals surface area contributed by atoms with Crippen LogP contribution in [0.1, 0.15) is 31.2 Å². The highest BCUT2D eigenvalue weighted by Gasteiger charge is 2.26. The molecule has 5 rings (SSSR count). The summed E-state index contributed by atoms with van der Waals surface area (Å²) < 4.78 is 35.8. The molecule has 3 aromatic rings. The van der Waals surface area contributed by atoms with Gasteiger partial charge in [0.05, 0.1) is 23.6 Å². The first kappa shape index (κ1) is 30.0. The van der Waals surface area contributed by atoms with E-state index in [1.54, 1.807) is 17.8 Å². The number of nitriles is 1. The van der Waals surface area contributed by atoms with Gasteiger partial charge in [-0.1, -0.05) is 30.3 Å². The predicted octanol–water partition coefficient (Wildman–Crippen LogP) is 5.89. The number of hydrogen-bond acceptors (Lipinski definition) is 8. The molecular formula is C30H31ClF2N6O2S. The molecule has 2 aliphatic heterocycles. The van der Waals surface area contributed by atoms with E-state index in [0.29, 0.717) is 12.0 Å². The van der Waals surface area contributed by atoms with Crippen LogP contribution in [-0.2, 0) is 11.2 Å². The van der Waals surface area contributed by atoms with Crippen molar-refractivity contribution in [3.63, 3.8) is 0 Å². The molecule has 42 heavy (non-hydrogen) atoms. The van der Waals surface area contributed by atoms with Crippen LogP contribution in [0.2, 0.25) is 5.02 Å². The number of carbonyl (C=O) groups excluding carboxylic acids is 1. The van der Waals surface area contributed by atoms with E-state index in [2.05, 4.69) is 32.1 Å². The van der Waals surface area contributed by atoms with Crippen molar-refractivity contribution in [1.29, 1.82) is 5.26 Å². The van der Waals surface area contributed by atoms with Gasteiger partial charge >= 0.3 is 6.01 Å². The van der Waals surface area contributed by atoms with Gasteiger partial charge in [0.15, 0.2) is 11.6 Å². The highest BCUT2D eigenvalue weighted by Crippen LogP contribution is 2.43. The SMILES string of the molecule is C=C(F)C(=O)N[C@@H](CC#N)CNc1nc(OC[C@@H]2CCCN2C)nc2c(F)c(-c3cccc4c3CCCS4)c(Cl)cc12. The highest BCUT2D eigenvalue weighted by atomic mass is 35.5. The van der Waals surface area contributed by atoms with Gasteiger partial charge in [-0.15, -0.1) is 11.8 Å². The maximum atomic E-state index is 16.5. The van der Waals surface area contributed by atoms with Crippen LogP contribution in [0.4, 0.5) is 14.6 Å². The molecule has 2 aliphatic rings. The molecule has 1 fully saturated rings. The third-order valence-corrected chi connectivity index (χ3v) is 9.09. The molecule has 0 spiro atoms. The van der Waals surface area contributed by atoms with Crippen LogP contribution in [0.15, 0.2) is 41.6 Å². The van der Waals surface area contributed by atoms with E-state index in [1.807, 2.05) is 31.3 Å². The van der Waals surface area contributed by atoms with E-state index in [9.17, 15) is 14.4 Å². The van der Waals surface area contributed by atoms with Crippen LogP contribution in [0.25, 0.3) is 22.0 Å². The Morgan fingerprint density at radius 1 is 1.38 bits per heavy atom. The summed E-state index contributed by atoms with van der Waals surface area (Å²) in [6.07, 6.45) is 3.73. The summed E-state index contributed by atoms with van der Waals surface area (Å²) in [7, 11) is 2.03. The van der Waals surface area contributed by atoms with Gasteiger partial charge in [-0.05, 0) is 68.3 Å². The number of nitrogens with one attached hydrogen (secondary N) is 2. The average molecular weight is 613 g/mol. The Morgan fingerprint density at radius 2 is 2.21 bits per heavy atom. The summed E-state index contributed by atoms with van der Waals surface area (Å²) in [5, 5.41) is 15.2. The van der Waals surface area contributed by atoms with E-state index in [0.717, 1.165) is 54.0 Å². The molecule has 2 aromatic carbocycles. The maximum absolute atomic E-state index is 16.5. The molecule has 0 unspecified atom stereocenters. The van der Waals surface area contributed by atoms with Gasteiger partial charge in [0.1, 0.15) is 17.9 Å². The number of anilines is 1. The van der Waals surface area contributed by atoms with Crippen LogP contribution < -0.4 is 15.4 Å². The van der Waals surface area contributed by atoms with Crippen molar-refractivity contribution >= 4 is 46.0 Å². The molecule has 0 saturated carbocycles. The lowest BCUT2D eigenvalue weighted by Crippen LogP contribution is -2.39. The molecule has 2 atom stereocenters. The number of likely N-dealkylation sites (N-methyl/N-ethyl adjacent to an activating group) is 1. The molecule has 1 amide bonds. The summed E-state index contributed by atoms with van der Waals surface area (Å²) in [4.78, 5) is 24.2. The minimum atomic E-state index is -1.17. The Labute approximate surface area is 252 Å². The Kier molecular flexibility index (Phi) is 9.46. The Balaban J connectivity index is 1.55. The summed E-state index contributed by atoms with van der Waals surface area (Å²) in [5.41, 5.74) is 2.09. The summed E-state index contributed by atoms with van der Waals surface area (Å²) in [6.45, 7) is 4.29. The molecule has 12 heteroatoms. The van der Waals surface area contributed by atoms with Gasteiger partial charge in [0.25, 0.3) is 5.91 Å². The zero-order valence-electron chi connectivity index (χ0n) is 23.2. The first-order chi connectivity index (χ1) is 20.3. The maximum Gasteiger partial charge on any atom is 0.319 e. The molecule has 8 nitrogen and oxygen atoms in total. The third kappa shape index (κ3) is 6.46. The number of nitrogens with zero attached hydrogens (tertiary/aromatic N) is 4. The molecule has 0 aliphatic carbocycles. The number of hydrogen-bond donors (Lipinski definition) is 2. The van der Waals surface area contributed by atoms with Gasteiger partial charge in [0.2, 0.25) is 0 Å². The Bertz CT molecular complexity index is 1570. The van der Waals surface area contributed by atoms with Crippen molar-refractivity contribution in [1.82, 2.24) is 20.2 Å². The van der Waals surface area contributed by atoms with Crippen molar-refractivity contribution in [2.45, 2.75) is 49.1 Å². The average Bonchev–Trinajstić information content (AvgIpc) is 3.39. The largest absolute Gasteiger partial charge is 0.462 e. The van der Waals surface area contributed by atoms with E-state index < -0.39 is 23.6 Å². The van der Waals surface area contributed by atoms with E-state index in [1.165, 1.54) is 0 Å². The van der Waals surface area contributed by atoms with Gasteiger partial charge < -0.3 is 20.3 Å². The molecule has 220 valence electrons. The lowest BCUT2D eigenvalue weighted by molar-refractivity contribution is -0.119. The lowest BCUT2D eigenvalue weighted by Gasteiger charge is -2.22. The van der Waals surface area contributed by atoms with Gasteiger partial charge in [-0.3, -0.25) is 4.79 Å². The molecule has 1 aromatic heterocycles. The van der Waals surface area contributed by atoms with Crippen molar-refractivity contribution in [2.24, 2.45) is 0 Å². The fourth-order valence-electron chi connectivity index (χ4n) is 5.37. The number of rotatable bonds is 10. The molecule has 2 N–H and O–H groups in total. The number of thioether (sulfide) groups is 1. The number of amides is 1. The second-order valence-electron chi connectivity index (χ2n) is 10.4. The zero-order chi connectivity index (χ0) is 29.8. The third-order valence-electron chi connectivity index (χ3n) is 7.61. The van der Waals surface area contributed by atoms with E-state index in [-0.39, 0.29) is 46.9 Å². The Hall–Kier alpha value is -3.46. The van der Waals surface area contributed by atoms with Crippen molar-refractivity contribution in [3.8, 4) is 23.2 Å². The number of likely N-dealkylation sites (tertiary alicyclic amines) is 1. The van der Waals surface area contributed by atoms with Gasteiger partial charge in [-0.2, -0.15) is 15.2 Å². The number of carbonyl (C=O) groups is 1. The van der Waals surface area contributed by atoms with E-state index >= 15 is 4.39 Å². The smallest absolute Gasteiger partial charge is 0.319 e. The van der Waals surface area contributed by atoms with Crippen LogP contribution in [-0.4, -0.2) is 65.4 Å². The van der Waals surface area contributed by atoms with Gasteiger partial charge in [0, 0.05) is 28.4 Å². The quantitative estimate of drug-likeness (QED) is 0.273. The monoisotopic (exact) mass is 612 g/mol. The summed E-state index contributed by atoms with van der Waals surface area (Å²) in [5.74, 6) is -1.55. The predicted molar refractivity (Wildman–Crippen MR) is 161 cm³/mol. The molecular weight excluding hydrogens is 582 g/mol. The number of halogens is 3. The van der Waals surface area contributed by atoms with E-state index in [4.69, 9.17) is 16.3 Å². The summed E-state index contributed by atoms with van der Waals surface area (Å²) >= 11 is 8.51. The van der Waals surface area contributed by atoms with Crippen molar-refractivity contribution < 1.29 is 18.3 Å². The molecule has 3 heterocycles. The van der Waals surface area contributed by atoms with Crippen LogP contribution >= 0.6 is 23.4 Å². The number of ether oxygens (including phenoxy) is 1. The molecule has 0 bridgehead atoms. The van der Waals surface area contributed by atoms with Crippen molar-refractivity contribution in [2.75, 3.05) is 37.8 Å². The minimum Gasteiger partial charge on any atom is -0.462 e. The van der Waals surface area contributed by atoms with Crippen LogP contribution in [0, 0.1) is 17.1 Å². The fourth-order valence-corrected chi connectivity index (χ4v) is 6.74. The Morgan fingerprint density at radius 3 is 2.95 bits per heavy atom. The second-order valence-corrected chi connectivity index (χ2v) is 12.0. The summed E-state index contributed by atoms with van der Waals surface area (Å²) in [6, 6.07) is 8.80. The minimum absolute atomic E-state index is 0.00605. The number of benzene rings is 2. The second kappa shape index (κ2) is 13.2. The highest BCUT2D eigenvalue weighted by molar-refractivity contribution is 7.99. The number of fused-ring (bicyclic) bond motifs is 2. The topological polar surface area (TPSA) is 103 Å². The normalized spacial score (nSPS) is 17.4. The molecule has 1 saturated heterocycles. The number of aromatic nitrogens is 2. The molecule has 0 radical (unpaired) electrons. The first-order valence-electron chi connectivity index (χ1n) is 13.8. The van der Waals surface area contributed by atoms with Crippen LogP contribution in [0.3, 0.4) is 0 Å². The van der Waals surface area contributed by atoms with Crippen molar-refractivity contribution in [3.05, 3.63) is 53.1 Å².